The summed E-state index contributed by atoms with van der Waals surface area (Å²) in [5.74, 6) is 11.7. The number of carbonyl (C=O) groups excluding carboxylic acids is 1. The van der Waals surface area contributed by atoms with Gasteiger partial charge in [-0.15, -0.1) is 11.8 Å². The van der Waals surface area contributed by atoms with Crippen molar-refractivity contribution in [1.29, 1.82) is 0 Å². The summed E-state index contributed by atoms with van der Waals surface area (Å²) in [6, 6.07) is 41.3. The molecule has 2 N–H and O–H groups in total. The monoisotopic (exact) mass is 696 g/mol. The smallest absolute Gasteiger partial charge is 0.416 e. The van der Waals surface area contributed by atoms with Gasteiger partial charge < -0.3 is 9.47 Å². The first-order valence-electron chi connectivity index (χ1n) is 15.9. The molecule has 248 valence electrons. The standard InChI is InChI=1S/C42H34NO5S2/c1-3-5-29-47-33-21-25-35(26-22-33)49-42(39-19-11-15-31-13-7-9-17-37(31)39,40-20-12-16-32-14-8-10-18-38(32)40)41(44)43(45,46)50-36-27-23-34(24-28-36)48-30-6-4-2/h7-28,45-46H,29-30H2,1-2H3/q+1. The molecule has 0 unspecified atom stereocenters. The van der Waals surface area contributed by atoms with E-state index in [0.29, 0.717) is 39.5 Å². The number of fused-ring (bicyclic) bond motifs is 2. The molecule has 0 heterocycles. The molecule has 6 nitrogen and oxygen atoms in total. The van der Waals surface area contributed by atoms with E-state index in [1.165, 1.54) is 11.8 Å². The van der Waals surface area contributed by atoms with E-state index < -0.39 is 14.9 Å². The minimum atomic E-state index is -1.99. The van der Waals surface area contributed by atoms with Crippen molar-refractivity contribution in [2.24, 2.45) is 0 Å². The van der Waals surface area contributed by atoms with Gasteiger partial charge in [0.2, 0.25) is 0 Å². The zero-order chi connectivity index (χ0) is 35.0. The first-order chi connectivity index (χ1) is 24.4. The normalized spacial score (nSPS) is 11.3. The largest absolute Gasteiger partial charge is 0.481 e. The lowest BCUT2D eigenvalue weighted by Crippen LogP contribution is -2.51. The van der Waals surface area contributed by atoms with Crippen LogP contribution in [0.5, 0.6) is 11.5 Å². The molecule has 6 aromatic carbocycles. The Kier molecular flexibility index (Phi) is 10.8. The third-order valence-corrected chi connectivity index (χ3v) is 10.4. The summed E-state index contributed by atoms with van der Waals surface area (Å²) >= 11 is 1.86. The van der Waals surface area contributed by atoms with E-state index in [0.717, 1.165) is 26.4 Å². The molecule has 0 bridgehead atoms. The summed E-state index contributed by atoms with van der Waals surface area (Å²) in [5, 5.41) is 27.3. The second-order valence-corrected chi connectivity index (χ2v) is 13.6. The van der Waals surface area contributed by atoms with Gasteiger partial charge in [0.05, 0.1) is 9.11 Å². The second kappa shape index (κ2) is 15.6. The van der Waals surface area contributed by atoms with Gasteiger partial charge in [-0.25, -0.2) is 4.79 Å². The molecular weight excluding hydrogens is 663 g/mol. The second-order valence-electron chi connectivity index (χ2n) is 11.2. The van der Waals surface area contributed by atoms with Crippen LogP contribution >= 0.6 is 23.7 Å². The zero-order valence-corrected chi connectivity index (χ0v) is 29.1. The lowest BCUT2D eigenvalue weighted by molar-refractivity contribution is -1.09. The van der Waals surface area contributed by atoms with Gasteiger partial charge in [-0.3, -0.25) is 0 Å². The summed E-state index contributed by atoms with van der Waals surface area (Å²) in [4.78, 5) is 16.6. The third-order valence-electron chi connectivity index (χ3n) is 8.03. The Morgan fingerprint density at radius 3 is 1.54 bits per heavy atom. The highest BCUT2D eigenvalue weighted by Gasteiger charge is 2.58. The third kappa shape index (κ3) is 7.36. The van der Waals surface area contributed by atoms with Gasteiger partial charge in [0.1, 0.15) is 24.7 Å². The Bertz CT molecular complexity index is 2170. The molecule has 6 rings (SSSR count). The number of amides is 1. The van der Waals surface area contributed by atoms with E-state index in [4.69, 9.17) is 9.47 Å². The fraction of sp³-hybridized carbons (Fsp3) is 0.119. The molecule has 50 heavy (non-hydrogen) atoms. The van der Waals surface area contributed by atoms with Crippen molar-refractivity contribution in [2.75, 3.05) is 13.2 Å². The van der Waals surface area contributed by atoms with Crippen LogP contribution in [0.1, 0.15) is 25.0 Å². The topological polar surface area (TPSA) is 76.0 Å². The van der Waals surface area contributed by atoms with Gasteiger partial charge in [-0.05, 0) is 95.1 Å². The molecule has 0 aliphatic carbocycles. The molecule has 0 saturated carbocycles. The Morgan fingerprint density at radius 1 is 0.620 bits per heavy atom. The lowest BCUT2D eigenvalue weighted by atomic mass is 9.83. The van der Waals surface area contributed by atoms with Gasteiger partial charge in [0, 0.05) is 4.90 Å². The molecule has 6 aromatic rings. The summed E-state index contributed by atoms with van der Waals surface area (Å²) in [5.41, 5.74) is 1.24. The van der Waals surface area contributed by atoms with Crippen LogP contribution in [0.4, 0.5) is 0 Å². The van der Waals surface area contributed by atoms with E-state index in [1.807, 2.05) is 109 Å². The molecule has 0 aliphatic heterocycles. The number of nitrogens with zero attached hydrogens (tertiary/aromatic N) is 1. The fourth-order valence-electron chi connectivity index (χ4n) is 5.75. The Balaban J connectivity index is 1.55. The molecule has 1 amide bonds. The van der Waals surface area contributed by atoms with E-state index in [1.54, 1.807) is 38.1 Å². The highest BCUT2D eigenvalue weighted by Crippen LogP contribution is 2.54. The van der Waals surface area contributed by atoms with Gasteiger partial charge in [0.15, 0.2) is 16.7 Å². The maximum atomic E-state index is 15.4. The van der Waals surface area contributed by atoms with Crippen molar-refractivity contribution < 1.29 is 28.9 Å². The summed E-state index contributed by atoms with van der Waals surface area (Å²) in [7, 11) is 0. The van der Waals surface area contributed by atoms with E-state index in [9.17, 15) is 10.4 Å². The van der Waals surface area contributed by atoms with E-state index in [2.05, 4.69) is 23.7 Å². The maximum Gasteiger partial charge on any atom is 0.416 e. The molecule has 0 spiro atoms. The van der Waals surface area contributed by atoms with Crippen molar-refractivity contribution in [3.8, 4) is 35.2 Å². The highest BCUT2D eigenvalue weighted by molar-refractivity contribution is 8.01. The van der Waals surface area contributed by atoms with Crippen LogP contribution in [0, 0.1) is 23.7 Å². The van der Waals surface area contributed by atoms with Crippen LogP contribution in [-0.4, -0.2) is 33.8 Å². The average Bonchev–Trinajstić information content (AvgIpc) is 3.14. The molecule has 0 atom stereocenters. The van der Waals surface area contributed by atoms with Crippen molar-refractivity contribution in [1.82, 2.24) is 0 Å². The highest BCUT2D eigenvalue weighted by atomic mass is 32.2. The summed E-state index contributed by atoms with van der Waals surface area (Å²) < 4.78 is 7.74. The van der Waals surface area contributed by atoms with Crippen LogP contribution < -0.4 is 9.47 Å². The van der Waals surface area contributed by atoms with Gasteiger partial charge in [0.25, 0.3) is 0 Å². The summed E-state index contributed by atoms with van der Waals surface area (Å²) in [6.45, 7) is 3.98. The number of hydrogen-bond donors (Lipinski definition) is 2. The van der Waals surface area contributed by atoms with Gasteiger partial charge >= 0.3 is 5.91 Å². The summed E-state index contributed by atoms with van der Waals surface area (Å²) in [6.07, 6.45) is 0. The van der Waals surface area contributed by atoms with Crippen molar-refractivity contribution in [2.45, 2.75) is 28.4 Å². The SMILES string of the molecule is CC#CCOc1ccc(SC(C(=O)[N+](O)(O)Sc2ccc(OCC#CC)cc2)(c2cccc3ccccc23)c2cccc3ccccc23)cc1. The Labute approximate surface area is 300 Å². The fourth-order valence-corrected chi connectivity index (χ4v) is 7.99. The predicted molar refractivity (Wildman–Crippen MR) is 200 cm³/mol. The number of carbonyl (C=O) groups is 1. The van der Waals surface area contributed by atoms with Crippen molar-refractivity contribution in [3.63, 3.8) is 0 Å². The van der Waals surface area contributed by atoms with Crippen LogP contribution in [0.15, 0.2) is 143 Å². The van der Waals surface area contributed by atoms with Gasteiger partial charge in [-0.1, -0.05) is 109 Å². The number of hydrogen-bond acceptors (Lipinski definition) is 7. The minimum absolute atomic E-state index is 0.233. The predicted octanol–water partition coefficient (Wildman–Crippen LogP) is 9.66. The molecule has 0 aromatic heterocycles. The molecule has 0 fully saturated rings. The van der Waals surface area contributed by atoms with Crippen LogP contribution in [-0.2, 0) is 9.54 Å². The first kappa shape index (κ1) is 34.7. The van der Waals surface area contributed by atoms with E-state index in [-0.39, 0.29) is 13.2 Å². The van der Waals surface area contributed by atoms with Crippen LogP contribution in [0.25, 0.3) is 21.5 Å². The number of hydroxylamine groups is 2. The van der Waals surface area contributed by atoms with Gasteiger partial charge in [-0.2, -0.15) is 10.4 Å². The lowest BCUT2D eigenvalue weighted by Gasteiger charge is -2.35. The molecule has 0 radical (unpaired) electrons. The first-order valence-corrected chi connectivity index (χ1v) is 17.4. The van der Waals surface area contributed by atoms with Crippen LogP contribution in [0.3, 0.4) is 0 Å². The number of ether oxygens (including phenoxy) is 2. The number of benzene rings is 6. The molecule has 0 saturated heterocycles. The van der Waals surface area contributed by atoms with Crippen molar-refractivity contribution >= 4 is 51.2 Å². The Morgan fingerprint density at radius 2 is 1.06 bits per heavy atom. The van der Waals surface area contributed by atoms with E-state index >= 15 is 4.79 Å². The Hall–Kier alpha value is -5.19. The quantitative estimate of drug-likeness (QED) is 0.0349. The molecule has 8 heteroatoms. The average molecular weight is 697 g/mol. The molecular formula is C42H34NO5S2+. The zero-order valence-electron chi connectivity index (χ0n) is 27.5. The number of thioether (sulfide) groups is 1. The number of rotatable bonds is 11. The maximum absolute atomic E-state index is 15.4. The number of quaternary nitrogens is 1. The molecule has 0 aliphatic rings. The van der Waals surface area contributed by atoms with Crippen LogP contribution in [0.2, 0.25) is 0 Å². The van der Waals surface area contributed by atoms with Crippen molar-refractivity contribution in [3.05, 3.63) is 145 Å². The minimum Gasteiger partial charge on any atom is -0.481 e.